The van der Waals surface area contributed by atoms with Gasteiger partial charge < -0.3 is 10.0 Å². The van der Waals surface area contributed by atoms with Crippen LogP contribution in [0.2, 0.25) is 0 Å². The molecule has 116 valence electrons. The predicted octanol–water partition coefficient (Wildman–Crippen LogP) is 1.03. The fraction of sp³-hybridized carbons (Fsp3) is 0.429. The summed E-state index contributed by atoms with van der Waals surface area (Å²) in [7, 11) is -2.03. The molecule has 1 aromatic rings. The maximum absolute atomic E-state index is 12.0. The highest BCUT2D eigenvalue weighted by atomic mass is 32.2. The minimum absolute atomic E-state index is 0.0551. The van der Waals surface area contributed by atoms with E-state index in [0.717, 1.165) is 0 Å². The van der Waals surface area contributed by atoms with Crippen molar-refractivity contribution in [2.45, 2.75) is 18.2 Å². The lowest BCUT2D eigenvalue weighted by Gasteiger charge is -2.19. The van der Waals surface area contributed by atoms with E-state index >= 15 is 0 Å². The molecular formula is C14H19NO5S. The Morgan fingerprint density at radius 3 is 2.33 bits per heavy atom. The van der Waals surface area contributed by atoms with Crippen molar-refractivity contribution in [2.75, 3.05) is 19.3 Å². The summed E-state index contributed by atoms with van der Waals surface area (Å²) in [5.41, 5.74) is 0. The van der Waals surface area contributed by atoms with Crippen LogP contribution in [0.4, 0.5) is 0 Å². The van der Waals surface area contributed by atoms with Gasteiger partial charge in [-0.2, -0.15) is 0 Å². The molecule has 0 heterocycles. The van der Waals surface area contributed by atoms with Gasteiger partial charge in [0, 0.05) is 20.0 Å². The number of carbonyl (C=O) groups excluding carboxylic acids is 1. The van der Waals surface area contributed by atoms with Crippen LogP contribution in [0.3, 0.4) is 0 Å². The zero-order valence-electron chi connectivity index (χ0n) is 12.0. The van der Waals surface area contributed by atoms with Gasteiger partial charge in [-0.1, -0.05) is 25.1 Å². The van der Waals surface area contributed by atoms with Crippen molar-refractivity contribution >= 4 is 21.7 Å². The highest BCUT2D eigenvalue weighted by Gasteiger charge is 2.20. The van der Waals surface area contributed by atoms with E-state index in [1.165, 1.54) is 31.0 Å². The molecule has 0 aliphatic rings. The van der Waals surface area contributed by atoms with Gasteiger partial charge in [-0.25, -0.2) is 8.42 Å². The van der Waals surface area contributed by atoms with Crippen LogP contribution in [-0.4, -0.2) is 49.6 Å². The number of aliphatic carboxylic acids is 1. The van der Waals surface area contributed by atoms with Gasteiger partial charge in [0.05, 0.1) is 16.6 Å². The Balaban J connectivity index is 2.59. The molecule has 0 saturated heterocycles. The fourth-order valence-corrected chi connectivity index (χ4v) is 3.00. The average Bonchev–Trinajstić information content (AvgIpc) is 2.45. The van der Waals surface area contributed by atoms with Crippen molar-refractivity contribution in [1.29, 1.82) is 0 Å². The molecule has 0 aliphatic carbocycles. The second-order valence-electron chi connectivity index (χ2n) is 4.90. The molecule has 7 heteroatoms. The molecule has 1 atom stereocenters. The van der Waals surface area contributed by atoms with E-state index in [1.807, 2.05) is 0 Å². The number of benzene rings is 1. The monoisotopic (exact) mass is 313 g/mol. The van der Waals surface area contributed by atoms with Crippen molar-refractivity contribution in [2.24, 2.45) is 5.92 Å². The van der Waals surface area contributed by atoms with Crippen molar-refractivity contribution < 1.29 is 23.1 Å². The number of amides is 1. The first-order valence-corrected chi connectivity index (χ1v) is 8.14. The second kappa shape index (κ2) is 7.21. The lowest BCUT2D eigenvalue weighted by molar-refractivity contribution is -0.142. The number of sulfone groups is 1. The SMILES string of the molecule is CC(CN(C)C(=O)CCS(=O)(=O)c1ccccc1)C(=O)O. The van der Waals surface area contributed by atoms with Crippen LogP contribution in [0.25, 0.3) is 0 Å². The maximum Gasteiger partial charge on any atom is 0.308 e. The van der Waals surface area contributed by atoms with Crippen LogP contribution in [0.5, 0.6) is 0 Å². The van der Waals surface area contributed by atoms with Crippen LogP contribution in [0.15, 0.2) is 35.2 Å². The quantitative estimate of drug-likeness (QED) is 0.811. The number of hydrogen-bond acceptors (Lipinski definition) is 4. The molecule has 0 bridgehead atoms. The molecule has 0 radical (unpaired) electrons. The topological polar surface area (TPSA) is 91.8 Å². The Kier molecular flexibility index (Phi) is 5.90. The van der Waals surface area contributed by atoms with Crippen LogP contribution in [0.1, 0.15) is 13.3 Å². The van der Waals surface area contributed by atoms with Gasteiger partial charge in [0.25, 0.3) is 0 Å². The highest BCUT2D eigenvalue weighted by molar-refractivity contribution is 7.91. The molecule has 1 N–H and O–H groups in total. The Bertz CT molecular complexity index is 597. The fourth-order valence-electron chi connectivity index (χ4n) is 1.75. The molecule has 6 nitrogen and oxygen atoms in total. The molecule has 0 aromatic heterocycles. The molecule has 1 rings (SSSR count). The Morgan fingerprint density at radius 2 is 1.81 bits per heavy atom. The summed E-state index contributed by atoms with van der Waals surface area (Å²) in [5.74, 6) is -2.36. The Labute approximate surface area is 124 Å². The third-order valence-corrected chi connectivity index (χ3v) is 4.81. The van der Waals surface area contributed by atoms with E-state index in [2.05, 4.69) is 0 Å². The lowest BCUT2D eigenvalue weighted by atomic mass is 10.2. The number of rotatable bonds is 7. The molecular weight excluding hydrogens is 294 g/mol. The van der Waals surface area contributed by atoms with Crippen molar-refractivity contribution in [3.8, 4) is 0 Å². The van der Waals surface area contributed by atoms with Crippen LogP contribution in [-0.2, 0) is 19.4 Å². The number of nitrogens with zero attached hydrogens (tertiary/aromatic N) is 1. The zero-order valence-corrected chi connectivity index (χ0v) is 12.8. The third kappa shape index (κ3) is 5.18. The summed E-state index contributed by atoms with van der Waals surface area (Å²) in [6, 6.07) is 7.92. The van der Waals surface area contributed by atoms with Gasteiger partial charge in [-0.05, 0) is 12.1 Å². The standard InChI is InChI=1S/C14H19NO5S/c1-11(14(17)18)10-15(2)13(16)8-9-21(19,20)12-6-4-3-5-7-12/h3-7,11H,8-10H2,1-2H3,(H,17,18). The Morgan fingerprint density at radius 1 is 1.24 bits per heavy atom. The maximum atomic E-state index is 12.0. The van der Waals surface area contributed by atoms with Crippen molar-refractivity contribution in [1.82, 2.24) is 4.90 Å². The minimum atomic E-state index is -3.50. The predicted molar refractivity (Wildman–Crippen MR) is 77.5 cm³/mol. The molecule has 1 amide bonds. The van der Waals surface area contributed by atoms with E-state index < -0.39 is 21.7 Å². The molecule has 21 heavy (non-hydrogen) atoms. The van der Waals surface area contributed by atoms with Gasteiger partial charge in [0.2, 0.25) is 5.91 Å². The normalized spacial score (nSPS) is 12.7. The van der Waals surface area contributed by atoms with Gasteiger partial charge in [-0.3, -0.25) is 9.59 Å². The summed E-state index contributed by atoms with van der Waals surface area (Å²) in [6.07, 6.45) is -0.167. The number of carboxylic acids is 1. The Hall–Kier alpha value is -1.89. The van der Waals surface area contributed by atoms with Gasteiger partial charge in [-0.15, -0.1) is 0 Å². The average molecular weight is 313 g/mol. The minimum Gasteiger partial charge on any atom is -0.481 e. The van der Waals surface area contributed by atoms with E-state index in [0.29, 0.717) is 0 Å². The van der Waals surface area contributed by atoms with E-state index in [9.17, 15) is 18.0 Å². The summed E-state index contributed by atoms with van der Waals surface area (Å²) in [6.45, 7) is 1.55. The van der Waals surface area contributed by atoms with E-state index in [4.69, 9.17) is 5.11 Å². The van der Waals surface area contributed by atoms with E-state index in [1.54, 1.807) is 18.2 Å². The smallest absolute Gasteiger partial charge is 0.308 e. The molecule has 0 aliphatic heterocycles. The van der Waals surface area contributed by atoms with Gasteiger partial charge in [0.15, 0.2) is 9.84 Å². The first kappa shape index (κ1) is 17.2. The summed E-state index contributed by atoms with van der Waals surface area (Å²) in [5, 5.41) is 8.79. The molecule has 1 aromatic carbocycles. The van der Waals surface area contributed by atoms with Crippen molar-refractivity contribution in [3.63, 3.8) is 0 Å². The number of hydrogen-bond donors (Lipinski definition) is 1. The zero-order chi connectivity index (χ0) is 16.0. The van der Waals surface area contributed by atoms with E-state index in [-0.39, 0.29) is 29.5 Å². The molecule has 0 spiro atoms. The van der Waals surface area contributed by atoms with Crippen LogP contribution >= 0.6 is 0 Å². The van der Waals surface area contributed by atoms with Gasteiger partial charge >= 0.3 is 5.97 Å². The first-order chi connectivity index (χ1) is 9.74. The molecule has 0 fully saturated rings. The third-order valence-electron chi connectivity index (χ3n) is 3.08. The lowest BCUT2D eigenvalue weighted by Crippen LogP contribution is -2.34. The number of carbonyl (C=O) groups is 2. The summed E-state index contributed by atoms with van der Waals surface area (Å²) < 4.78 is 24.0. The highest BCUT2D eigenvalue weighted by Crippen LogP contribution is 2.12. The van der Waals surface area contributed by atoms with Crippen molar-refractivity contribution in [3.05, 3.63) is 30.3 Å². The summed E-state index contributed by atoms with van der Waals surface area (Å²) in [4.78, 5) is 24.0. The second-order valence-corrected chi connectivity index (χ2v) is 7.00. The molecule has 1 unspecified atom stereocenters. The molecule has 0 saturated carbocycles. The van der Waals surface area contributed by atoms with Crippen LogP contribution < -0.4 is 0 Å². The first-order valence-electron chi connectivity index (χ1n) is 6.48. The van der Waals surface area contributed by atoms with Crippen LogP contribution in [0, 0.1) is 5.92 Å². The summed E-state index contributed by atoms with van der Waals surface area (Å²) >= 11 is 0. The number of carboxylic acid groups (broad SMARTS) is 1. The largest absolute Gasteiger partial charge is 0.481 e. The van der Waals surface area contributed by atoms with Gasteiger partial charge in [0.1, 0.15) is 0 Å².